The van der Waals surface area contributed by atoms with E-state index >= 15 is 0 Å². The molecule has 16 heavy (non-hydrogen) atoms. The lowest BCUT2D eigenvalue weighted by atomic mass is 10.1. The molecule has 0 aliphatic rings. The van der Waals surface area contributed by atoms with Gasteiger partial charge in [-0.05, 0) is 18.9 Å². The topological polar surface area (TPSA) is 60.4 Å². The quantitative estimate of drug-likeness (QED) is 0.576. The molecule has 2 aromatic rings. The van der Waals surface area contributed by atoms with E-state index in [9.17, 15) is 10.1 Å². The lowest BCUT2D eigenvalue weighted by molar-refractivity contribution is -0.385. The minimum Gasteiger partial charge on any atom is -0.297 e. The van der Waals surface area contributed by atoms with Gasteiger partial charge < -0.3 is 0 Å². The Morgan fingerprint density at radius 1 is 1.44 bits per heavy atom. The van der Waals surface area contributed by atoms with E-state index in [4.69, 9.17) is 0 Å². The van der Waals surface area contributed by atoms with Crippen molar-refractivity contribution in [2.75, 3.05) is 0 Å². The summed E-state index contributed by atoms with van der Waals surface area (Å²) in [6.07, 6.45) is 1.52. The van der Waals surface area contributed by atoms with Crippen molar-refractivity contribution < 1.29 is 4.92 Å². The first-order valence-corrected chi connectivity index (χ1v) is 5.13. The molecule has 2 aromatic heterocycles. The monoisotopic (exact) mass is 219 g/mol. The zero-order chi connectivity index (χ0) is 11.9. The second kappa shape index (κ2) is 3.59. The Balaban J connectivity index is 2.69. The maximum atomic E-state index is 10.7. The Morgan fingerprint density at radius 3 is 2.69 bits per heavy atom. The maximum Gasteiger partial charge on any atom is 0.286 e. The Hall–Kier alpha value is -1.91. The number of nitrogens with zero attached hydrogens (tertiary/aromatic N) is 3. The van der Waals surface area contributed by atoms with Crippen LogP contribution in [0.2, 0.25) is 0 Å². The molecule has 0 saturated carbocycles. The molecule has 84 valence electrons. The average Bonchev–Trinajstić information content (AvgIpc) is 2.56. The number of aryl methyl sites for hydroxylation is 1. The molecule has 0 radical (unpaired) electrons. The molecule has 0 spiro atoms. The van der Waals surface area contributed by atoms with E-state index in [1.165, 1.54) is 12.3 Å². The Kier molecular flexibility index (Phi) is 2.38. The van der Waals surface area contributed by atoms with E-state index in [0.717, 1.165) is 17.0 Å². The van der Waals surface area contributed by atoms with Gasteiger partial charge in [-0.2, -0.15) is 0 Å². The second-order valence-corrected chi connectivity index (χ2v) is 4.11. The van der Waals surface area contributed by atoms with Gasteiger partial charge in [0.15, 0.2) is 0 Å². The molecule has 2 rings (SSSR count). The summed E-state index contributed by atoms with van der Waals surface area (Å²) in [6, 6.07) is 3.16. The first-order valence-electron chi connectivity index (χ1n) is 5.13. The van der Waals surface area contributed by atoms with Gasteiger partial charge in [-0.15, -0.1) is 0 Å². The van der Waals surface area contributed by atoms with Crippen LogP contribution in [0.25, 0.3) is 5.65 Å². The minimum atomic E-state index is -0.395. The summed E-state index contributed by atoms with van der Waals surface area (Å²) in [5.74, 6) is 0.318. The summed E-state index contributed by atoms with van der Waals surface area (Å²) in [4.78, 5) is 14.7. The lowest BCUT2D eigenvalue weighted by Crippen LogP contribution is -1.94. The highest BCUT2D eigenvalue weighted by Gasteiger charge is 2.14. The molecule has 0 amide bonds. The van der Waals surface area contributed by atoms with Gasteiger partial charge in [0.1, 0.15) is 5.65 Å². The van der Waals surface area contributed by atoms with Crippen LogP contribution >= 0.6 is 0 Å². The SMILES string of the molecule is Cc1c(C(C)C)nc2ccc([N+](=O)[O-])cn12. The fraction of sp³-hybridized carbons (Fsp3) is 0.364. The third-order valence-corrected chi connectivity index (χ3v) is 2.64. The largest absolute Gasteiger partial charge is 0.297 e. The average molecular weight is 219 g/mol. The number of rotatable bonds is 2. The lowest BCUT2D eigenvalue weighted by Gasteiger charge is -2.01. The van der Waals surface area contributed by atoms with Crippen molar-refractivity contribution in [1.82, 2.24) is 9.38 Å². The minimum absolute atomic E-state index is 0.0864. The first-order chi connectivity index (χ1) is 7.50. The molecule has 0 aliphatic heterocycles. The number of hydrogen-bond acceptors (Lipinski definition) is 3. The van der Waals surface area contributed by atoms with Gasteiger partial charge >= 0.3 is 0 Å². The van der Waals surface area contributed by atoms with Crippen LogP contribution in [0.5, 0.6) is 0 Å². The molecule has 5 nitrogen and oxygen atoms in total. The summed E-state index contributed by atoms with van der Waals surface area (Å²) < 4.78 is 1.77. The number of pyridine rings is 1. The van der Waals surface area contributed by atoms with Gasteiger partial charge in [0.2, 0.25) is 0 Å². The smallest absolute Gasteiger partial charge is 0.286 e. The number of fused-ring (bicyclic) bond motifs is 1. The molecule has 0 fully saturated rings. The van der Waals surface area contributed by atoms with Crippen molar-refractivity contribution in [3.05, 3.63) is 39.8 Å². The second-order valence-electron chi connectivity index (χ2n) is 4.11. The fourth-order valence-electron chi connectivity index (χ4n) is 1.82. The molecule has 0 atom stereocenters. The highest BCUT2D eigenvalue weighted by Crippen LogP contribution is 2.22. The Labute approximate surface area is 92.9 Å². The van der Waals surface area contributed by atoms with Crippen molar-refractivity contribution in [3.8, 4) is 0 Å². The van der Waals surface area contributed by atoms with Crippen molar-refractivity contribution in [3.63, 3.8) is 0 Å². The van der Waals surface area contributed by atoms with Crippen LogP contribution in [-0.4, -0.2) is 14.3 Å². The molecular formula is C11H13N3O2. The number of nitro groups is 1. The van der Waals surface area contributed by atoms with Gasteiger partial charge in [-0.3, -0.25) is 14.5 Å². The van der Waals surface area contributed by atoms with Gasteiger partial charge in [-0.1, -0.05) is 13.8 Å². The third-order valence-electron chi connectivity index (χ3n) is 2.64. The van der Waals surface area contributed by atoms with Crippen LogP contribution < -0.4 is 0 Å². The summed E-state index contributed by atoms with van der Waals surface area (Å²) in [7, 11) is 0. The highest BCUT2D eigenvalue weighted by atomic mass is 16.6. The molecular weight excluding hydrogens is 206 g/mol. The molecule has 0 aliphatic carbocycles. The van der Waals surface area contributed by atoms with Crippen molar-refractivity contribution in [2.24, 2.45) is 0 Å². The van der Waals surface area contributed by atoms with E-state index in [2.05, 4.69) is 18.8 Å². The molecule has 2 heterocycles. The number of hydrogen-bond donors (Lipinski definition) is 0. The Morgan fingerprint density at radius 2 is 2.12 bits per heavy atom. The van der Waals surface area contributed by atoms with Crippen LogP contribution in [0.4, 0.5) is 5.69 Å². The predicted molar refractivity (Wildman–Crippen MR) is 60.7 cm³/mol. The summed E-state index contributed by atoms with van der Waals surface area (Å²) in [5, 5.41) is 10.7. The maximum absolute atomic E-state index is 10.7. The number of imidazole rings is 1. The van der Waals surface area contributed by atoms with Crippen LogP contribution in [-0.2, 0) is 0 Å². The molecule has 0 saturated heterocycles. The normalized spacial score (nSPS) is 11.2. The Bertz CT molecular complexity index is 558. The third kappa shape index (κ3) is 1.54. The summed E-state index contributed by atoms with van der Waals surface area (Å²) in [6.45, 7) is 6.05. The standard InChI is InChI=1S/C11H13N3O2/c1-7(2)11-8(3)13-6-9(14(15)16)4-5-10(13)12-11/h4-7H,1-3H3. The van der Waals surface area contributed by atoms with E-state index < -0.39 is 4.92 Å². The fourth-order valence-corrected chi connectivity index (χ4v) is 1.82. The number of aromatic nitrogens is 2. The zero-order valence-electron chi connectivity index (χ0n) is 9.47. The van der Waals surface area contributed by atoms with Crippen LogP contribution in [0.3, 0.4) is 0 Å². The summed E-state index contributed by atoms with van der Waals surface area (Å²) >= 11 is 0. The molecule has 5 heteroatoms. The highest BCUT2D eigenvalue weighted by molar-refractivity contribution is 5.48. The van der Waals surface area contributed by atoms with E-state index in [1.807, 2.05) is 6.92 Å². The van der Waals surface area contributed by atoms with Crippen LogP contribution in [0.1, 0.15) is 31.2 Å². The zero-order valence-corrected chi connectivity index (χ0v) is 9.47. The molecule has 0 bridgehead atoms. The van der Waals surface area contributed by atoms with Crippen molar-refractivity contribution >= 4 is 11.3 Å². The molecule has 0 aromatic carbocycles. The van der Waals surface area contributed by atoms with Crippen molar-refractivity contribution in [2.45, 2.75) is 26.7 Å². The van der Waals surface area contributed by atoms with Crippen LogP contribution in [0.15, 0.2) is 18.3 Å². The predicted octanol–water partition coefficient (Wildman–Crippen LogP) is 2.67. The van der Waals surface area contributed by atoms with E-state index in [1.54, 1.807) is 10.5 Å². The molecule has 0 unspecified atom stereocenters. The van der Waals surface area contributed by atoms with E-state index in [-0.39, 0.29) is 5.69 Å². The van der Waals surface area contributed by atoms with Crippen molar-refractivity contribution in [1.29, 1.82) is 0 Å². The van der Waals surface area contributed by atoms with Gasteiger partial charge in [0.25, 0.3) is 5.69 Å². The van der Waals surface area contributed by atoms with Crippen LogP contribution in [0, 0.1) is 17.0 Å². The molecule has 0 N–H and O–H groups in total. The van der Waals surface area contributed by atoms with Gasteiger partial charge in [0, 0.05) is 11.8 Å². The van der Waals surface area contributed by atoms with E-state index in [0.29, 0.717) is 5.92 Å². The van der Waals surface area contributed by atoms with Gasteiger partial charge in [-0.25, -0.2) is 4.98 Å². The summed E-state index contributed by atoms with van der Waals surface area (Å²) in [5.41, 5.74) is 2.80. The van der Waals surface area contributed by atoms with Gasteiger partial charge in [0.05, 0.1) is 16.8 Å². The first kappa shape index (κ1) is 10.6.